The monoisotopic (exact) mass is 266 g/mol. The van der Waals surface area contributed by atoms with E-state index in [9.17, 15) is 4.39 Å². The average Bonchev–Trinajstić information content (AvgIpc) is 2.39. The van der Waals surface area contributed by atoms with E-state index in [0.717, 1.165) is 5.56 Å². The molecule has 0 aliphatic rings. The topological polar surface area (TPSA) is 69.7 Å². The predicted molar refractivity (Wildman–Crippen MR) is 71.8 cm³/mol. The van der Waals surface area contributed by atoms with Gasteiger partial charge in [0.05, 0.1) is 19.8 Å². The van der Waals surface area contributed by atoms with Crippen molar-refractivity contribution in [2.75, 3.05) is 32.8 Å². The summed E-state index contributed by atoms with van der Waals surface area (Å²) < 4.78 is 13.2. The number of aliphatic hydroxyl groups excluding tert-OH is 2. The van der Waals surface area contributed by atoms with Crippen LogP contribution in [0.25, 0.3) is 0 Å². The Morgan fingerprint density at radius 2 is 1.89 bits per heavy atom. The summed E-state index contributed by atoms with van der Waals surface area (Å²) in [5.41, 5.74) is 6.76. The Labute approximate surface area is 112 Å². The average molecular weight is 266 g/mol. The van der Waals surface area contributed by atoms with Gasteiger partial charge in [0.1, 0.15) is 5.82 Å². The van der Waals surface area contributed by atoms with Gasteiger partial charge in [0.25, 0.3) is 0 Å². The lowest BCUT2D eigenvalue weighted by molar-refractivity contribution is 0.156. The van der Waals surface area contributed by atoms with Crippen LogP contribution in [0, 0.1) is 17.7 Å². The van der Waals surface area contributed by atoms with Crippen molar-refractivity contribution in [3.8, 4) is 11.8 Å². The van der Waals surface area contributed by atoms with Crippen LogP contribution in [0.4, 0.5) is 4.39 Å². The number of hydrogen-bond acceptors (Lipinski definition) is 4. The molecule has 104 valence electrons. The predicted octanol–water partition coefficient (Wildman–Crippen LogP) is -0.0775. The zero-order valence-electron chi connectivity index (χ0n) is 10.8. The smallest absolute Gasteiger partial charge is 0.124 e. The summed E-state index contributed by atoms with van der Waals surface area (Å²) in [5.74, 6) is 5.19. The largest absolute Gasteiger partial charge is 0.395 e. The van der Waals surface area contributed by atoms with E-state index in [-0.39, 0.29) is 25.6 Å². The molecular formula is C14H19FN2O2. The van der Waals surface area contributed by atoms with Crippen LogP contribution in [-0.4, -0.2) is 48.0 Å². The Balaban J connectivity index is 2.91. The number of aliphatic hydroxyl groups is 2. The van der Waals surface area contributed by atoms with E-state index >= 15 is 0 Å². The third kappa shape index (κ3) is 5.37. The fourth-order valence-electron chi connectivity index (χ4n) is 1.74. The number of nitrogens with zero attached hydrogens (tertiary/aromatic N) is 1. The Hall–Kier alpha value is -1.45. The zero-order valence-corrected chi connectivity index (χ0v) is 10.8. The molecule has 0 fully saturated rings. The first-order valence-electron chi connectivity index (χ1n) is 6.12. The molecule has 0 aliphatic heterocycles. The molecule has 19 heavy (non-hydrogen) atoms. The summed E-state index contributed by atoms with van der Waals surface area (Å²) in [4.78, 5) is 1.88. The van der Waals surface area contributed by atoms with E-state index < -0.39 is 0 Å². The van der Waals surface area contributed by atoms with Gasteiger partial charge in [-0.2, -0.15) is 0 Å². The molecule has 0 radical (unpaired) electrons. The van der Waals surface area contributed by atoms with Crippen LogP contribution in [0.1, 0.15) is 11.1 Å². The highest BCUT2D eigenvalue weighted by atomic mass is 19.1. The quantitative estimate of drug-likeness (QED) is 0.630. The first-order chi connectivity index (χ1) is 9.21. The molecule has 0 heterocycles. The van der Waals surface area contributed by atoms with Gasteiger partial charge in [0.2, 0.25) is 0 Å². The van der Waals surface area contributed by atoms with Crippen LogP contribution >= 0.6 is 0 Å². The van der Waals surface area contributed by atoms with E-state index in [2.05, 4.69) is 11.8 Å². The van der Waals surface area contributed by atoms with Gasteiger partial charge >= 0.3 is 0 Å². The van der Waals surface area contributed by atoms with E-state index in [1.807, 2.05) is 4.90 Å². The van der Waals surface area contributed by atoms with E-state index in [1.165, 1.54) is 12.1 Å². The minimum absolute atomic E-state index is 0.00497. The first kappa shape index (κ1) is 15.6. The summed E-state index contributed by atoms with van der Waals surface area (Å²) in [6, 6.07) is 4.41. The van der Waals surface area contributed by atoms with Gasteiger partial charge in [-0.1, -0.05) is 17.9 Å². The standard InChI is InChI=1S/C14H19FN2O2/c15-14-4-3-13(12(10-14)2-1-5-16)11-17(6-8-18)7-9-19/h3-4,10,18-19H,5-9,11,16H2. The Morgan fingerprint density at radius 1 is 1.21 bits per heavy atom. The van der Waals surface area contributed by atoms with Crippen LogP contribution in [-0.2, 0) is 6.54 Å². The molecule has 4 N–H and O–H groups in total. The SMILES string of the molecule is NCC#Cc1cc(F)ccc1CN(CCO)CCO. The maximum Gasteiger partial charge on any atom is 0.124 e. The maximum absolute atomic E-state index is 13.2. The van der Waals surface area contributed by atoms with Gasteiger partial charge in [-0.25, -0.2) is 4.39 Å². The normalized spacial score (nSPS) is 10.4. The van der Waals surface area contributed by atoms with Crippen LogP contribution in [0.3, 0.4) is 0 Å². The van der Waals surface area contributed by atoms with Crippen LogP contribution < -0.4 is 5.73 Å². The van der Waals surface area contributed by atoms with Crippen molar-refractivity contribution in [2.24, 2.45) is 5.73 Å². The Morgan fingerprint density at radius 3 is 2.47 bits per heavy atom. The molecular weight excluding hydrogens is 247 g/mol. The van der Waals surface area contributed by atoms with Gasteiger partial charge < -0.3 is 15.9 Å². The molecule has 0 aromatic heterocycles. The highest BCUT2D eigenvalue weighted by Crippen LogP contribution is 2.13. The number of benzene rings is 1. The van der Waals surface area contributed by atoms with Crippen molar-refractivity contribution in [2.45, 2.75) is 6.54 Å². The number of rotatable bonds is 6. The van der Waals surface area contributed by atoms with Crippen molar-refractivity contribution in [1.29, 1.82) is 0 Å². The molecule has 0 saturated heterocycles. The van der Waals surface area contributed by atoms with Gasteiger partial charge in [0, 0.05) is 25.2 Å². The Kier molecular flexibility index (Phi) is 7.08. The molecule has 0 atom stereocenters. The van der Waals surface area contributed by atoms with Crippen LogP contribution in [0.2, 0.25) is 0 Å². The number of halogens is 1. The second-order valence-electron chi connectivity index (χ2n) is 4.03. The van der Waals surface area contributed by atoms with Crippen molar-refractivity contribution < 1.29 is 14.6 Å². The van der Waals surface area contributed by atoms with E-state index in [1.54, 1.807) is 6.07 Å². The number of nitrogens with two attached hydrogens (primary N) is 1. The third-order valence-corrected chi connectivity index (χ3v) is 2.62. The first-order valence-corrected chi connectivity index (χ1v) is 6.12. The molecule has 5 heteroatoms. The van der Waals surface area contributed by atoms with Crippen molar-refractivity contribution in [3.05, 3.63) is 35.1 Å². The highest BCUT2D eigenvalue weighted by Gasteiger charge is 2.08. The molecule has 0 amide bonds. The van der Waals surface area contributed by atoms with Gasteiger partial charge in [-0.05, 0) is 17.7 Å². The lowest BCUT2D eigenvalue weighted by atomic mass is 10.1. The summed E-state index contributed by atoms with van der Waals surface area (Å²) in [7, 11) is 0. The van der Waals surface area contributed by atoms with Crippen LogP contribution in [0.5, 0.6) is 0 Å². The van der Waals surface area contributed by atoms with Gasteiger partial charge in [-0.15, -0.1) is 0 Å². The van der Waals surface area contributed by atoms with Crippen molar-refractivity contribution in [3.63, 3.8) is 0 Å². The van der Waals surface area contributed by atoms with Gasteiger partial charge in [-0.3, -0.25) is 4.90 Å². The molecule has 1 aromatic carbocycles. The lowest BCUT2D eigenvalue weighted by Crippen LogP contribution is -2.29. The summed E-state index contributed by atoms with van der Waals surface area (Å²) in [5, 5.41) is 17.9. The third-order valence-electron chi connectivity index (χ3n) is 2.62. The molecule has 0 bridgehead atoms. The summed E-state index contributed by atoms with van der Waals surface area (Å²) >= 11 is 0. The van der Waals surface area contributed by atoms with E-state index in [0.29, 0.717) is 25.2 Å². The second kappa shape index (κ2) is 8.62. The fourth-order valence-corrected chi connectivity index (χ4v) is 1.74. The Bertz CT molecular complexity index is 448. The molecule has 4 nitrogen and oxygen atoms in total. The maximum atomic E-state index is 13.2. The second-order valence-corrected chi connectivity index (χ2v) is 4.03. The fraction of sp³-hybridized carbons (Fsp3) is 0.429. The highest BCUT2D eigenvalue weighted by molar-refractivity contribution is 5.41. The van der Waals surface area contributed by atoms with Crippen LogP contribution in [0.15, 0.2) is 18.2 Å². The van der Waals surface area contributed by atoms with Gasteiger partial charge in [0.15, 0.2) is 0 Å². The molecule has 0 saturated carbocycles. The molecule has 0 aliphatic carbocycles. The van der Waals surface area contributed by atoms with E-state index in [4.69, 9.17) is 15.9 Å². The lowest BCUT2D eigenvalue weighted by Gasteiger charge is -2.20. The minimum atomic E-state index is -0.346. The minimum Gasteiger partial charge on any atom is -0.395 e. The zero-order chi connectivity index (χ0) is 14.1. The molecule has 1 aromatic rings. The molecule has 0 spiro atoms. The van der Waals surface area contributed by atoms with Crippen molar-refractivity contribution >= 4 is 0 Å². The summed E-state index contributed by atoms with van der Waals surface area (Å²) in [6.45, 7) is 1.61. The van der Waals surface area contributed by atoms with Crippen molar-refractivity contribution in [1.82, 2.24) is 4.90 Å². The summed E-state index contributed by atoms with van der Waals surface area (Å²) in [6.07, 6.45) is 0. The molecule has 1 rings (SSSR count). The molecule has 0 unspecified atom stereocenters. The number of hydrogen-bond donors (Lipinski definition) is 3.